The average Bonchev–Trinajstić information content (AvgIpc) is 2.77. The van der Waals surface area contributed by atoms with Crippen LogP contribution < -0.4 is 10.2 Å². The molecule has 3 heteroatoms. The van der Waals surface area contributed by atoms with E-state index in [2.05, 4.69) is 57.0 Å². The van der Waals surface area contributed by atoms with Gasteiger partial charge in [0, 0.05) is 40.4 Å². The van der Waals surface area contributed by atoms with Crippen molar-refractivity contribution < 1.29 is 0 Å². The Hall–Kier alpha value is -0.730. The van der Waals surface area contributed by atoms with Crippen LogP contribution in [0.25, 0.3) is 0 Å². The standard InChI is InChI=1S/C18H29ClN2/c1-6-14-11-10-13(2)21(14)17-9-7-8-16(19)15(17)12-20-18(3,4)5/h7-9,13-14,20H,6,10-12H2,1-5H3. The van der Waals surface area contributed by atoms with Gasteiger partial charge in [0.05, 0.1) is 0 Å². The van der Waals surface area contributed by atoms with Crippen LogP contribution in [0.1, 0.15) is 59.4 Å². The molecule has 1 aliphatic heterocycles. The van der Waals surface area contributed by atoms with E-state index in [-0.39, 0.29) is 5.54 Å². The predicted octanol–water partition coefficient (Wildman–Crippen LogP) is 5.00. The van der Waals surface area contributed by atoms with Gasteiger partial charge in [-0.05, 0) is 59.1 Å². The molecule has 21 heavy (non-hydrogen) atoms. The van der Waals surface area contributed by atoms with Crippen LogP contribution >= 0.6 is 11.6 Å². The molecule has 1 saturated heterocycles. The van der Waals surface area contributed by atoms with Crippen molar-refractivity contribution in [2.24, 2.45) is 0 Å². The van der Waals surface area contributed by atoms with Crippen LogP contribution in [0.15, 0.2) is 18.2 Å². The molecule has 2 nitrogen and oxygen atoms in total. The number of nitrogens with zero attached hydrogens (tertiary/aromatic N) is 1. The van der Waals surface area contributed by atoms with Crippen LogP contribution in [0.3, 0.4) is 0 Å². The summed E-state index contributed by atoms with van der Waals surface area (Å²) in [6, 6.07) is 7.56. The van der Waals surface area contributed by atoms with Crippen LogP contribution in [-0.4, -0.2) is 17.6 Å². The average molecular weight is 309 g/mol. The fraction of sp³-hybridized carbons (Fsp3) is 0.667. The molecule has 1 fully saturated rings. The first-order chi connectivity index (χ1) is 9.83. The maximum atomic E-state index is 6.51. The summed E-state index contributed by atoms with van der Waals surface area (Å²) in [6.45, 7) is 12.0. The number of benzene rings is 1. The minimum Gasteiger partial charge on any atom is -0.366 e. The van der Waals surface area contributed by atoms with Crippen LogP contribution in [0.4, 0.5) is 5.69 Å². The highest BCUT2D eigenvalue weighted by atomic mass is 35.5. The molecule has 1 N–H and O–H groups in total. The number of hydrogen-bond acceptors (Lipinski definition) is 2. The van der Waals surface area contributed by atoms with E-state index >= 15 is 0 Å². The molecule has 0 saturated carbocycles. The summed E-state index contributed by atoms with van der Waals surface area (Å²) >= 11 is 6.51. The largest absolute Gasteiger partial charge is 0.366 e. The first-order valence-electron chi connectivity index (χ1n) is 8.14. The van der Waals surface area contributed by atoms with Gasteiger partial charge >= 0.3 is 0 Å². The van der Waals surface area contributed by atoms with Crippen molar-refractivity contribution in [3.63, 3.8) is 0 Å². The van der Waals surface area contributed by atoms with Gasteiger partial charge in [-0.2, -0.15) is 0 Å². The predicted molar refractivity (Wildman–Crippen MR) is 93.3 cm³/mol. The molecule has 0 aromatic heterocycles. The minimum atomic E-state index is 0.0945. The van der Waals surface area contributed by atoms with Crippen molar-refractivity contribution in [3.8, 4) is 0 Å². The van der Waals surface area contributed by atoms with Gasteiger partial charge in [0.1, 0.15) is 0 Å². The SMILES string of the molecule is CCC1CCC(C)N1c1cccc(Cl)c1CNC(C)(C)C. The number of nitrogens with one attached hydrogen (secondary N) is 1. The molecule has 1 heterocycles. The summed E-state index contributed by atoms with van der Waals surface area (Å²) < 4.78 is 0. The smallest absolute Gasteiger partial charge is 0.0471 e. The molecule has 0 amide bonds. The fourth-order valence-corrected chi connectivity index (χ4v) is 3.46. The van der Waals surface area contributed by atoms with Crippen molar-refractivity contribution in [1.82, 2.24) is 5.32 Å². The van der Waals surface area contributed by atoms with Crippen molar-refractivity contribution in [3.05, 3.63) is 28.8 Å². The second-order valence-corrected chi connectivity index (χ2v) is 7.64. The molecule has 1 aromatic rings. The second kappa shape index (κ2) is 6.58. The Morgan fingerprint density at radius 2 is 2.00 bits per heavy atom. The third-order valence-corrected chi connectivity index (χ3v) is 4.78. The highest BCUT2D eigenvalue weighted by Gasteiger charge is 2.31. The van der Waals surface area contributed by atoms with Gasteiger partial charge in [-0.3, -0.25) is 0 Å². The highest BCUT2D eigenvalue weighted by molar-refractivity contribution is 6.31. The number of halogens is 1. The Labute approximate surface area is 134 Å². The van der Waals surface area contributed by atoms with E-state index in [1.54, 1.807) is 0 Å². The van der Waals surface area contributed by atoms with Crippen LogP contribution in [0.5, 0.6) is 0 Å². The quantitative estimate of drug-likeness (QED) is 0.842. The second-order valence-electron chi connectivity index (χ2n) is 7.24. The number of anilines is 1. The van der Waals surface area contributed by atoms with Gasteiger partial charge in [0.15, 0.2) is 0 Å². The van der Waals surface area contributed by atoms with E-state index in [9.17, 15) is 0 Å². The van der Waals surface area contributed by atoms with Gasteiger partial charge < -0.3 is 10.2 Å². The summed E-state index contributed by atoms with van der Waals surface area (Å²) in [5, 5.41) is 4.45. The van der Waals surface area contributed by atoms with Crippen molar-refractivity contribution >= 4 is 17.3 Å². The molecule has 0 radical (unpaired) electrons. The first-order valence-corrected chi connectivity index (χ1v) is 8.52. The molecule has 118 valence electrons. The topological polar surface area (TPSA) is 15.3 Å². The molecule has 2 unspecified atom stereocenters. The Bertz CT molecular complexity index is 479. The van der Waals surface area contributed by atoms with Crippen LogP contribution in [-0.2, 0) is 6.54 Å². The molecule has 0 spiro atoms. The maximum absolute atomic E-state index is 6.51. The summed E-state index contributed by atoms with van der Waals surface area (Å²) in [5.41, 5.74) is 2.65. The van der Waals surface area contributed by atoms with Crippen LogP contribution in [0.2, 0.25) is 5.02 Å². The van der Waals surface area contributed by atoms with Crippen molar-refractivity contribution in [1.29, 1.82) is 0 Å². The van der Waals surface area contributed by atoms with E-state index in [1.807, 2.05) is 6.07 Å². The van der Waals surface area contributed by atoms with Gasteiger partial charge in [0.25, 0.3) is 0 Å². The summed E-state index contributed by atoms with van der Waals surface area (Å²) in [5.74, 6) is 0. The molecular formula is C18H29ClN2. The molecular weight excluding hydrogens is 280 g/mol. The molecule has 1 aromatic carbocycles. The minimum absolute atomic E-state index is 0.0945. The van der Waals surface area contributed by atoms with E-state index in [1.165, 1.54) is 30.5 Å². The lowest BCUT2D eigenvalue weighted by molar-refractivity contribution is 0.424. The summed E-state index contributed by atoms with van der Waals surface area (Å²) in [4.78, 5) is 2.59. The van der Waals surface area contributed by atoms with E-state index in [0.29, 0.717) is 12.1 Å². The lowest BCUT2D eigenvalue weighted by atomic mass is 10.1. The third-order valence-electron chi connectivity index (χ3n) is 4.42. The Morgan fingerprint density at radius 1 is 1.29 bits per heavy atom. The van der Waals surface area contributed by atoms with Gasteiger partial charge in [-0.1, -0.05) is 24.6 Å². The molecule has 2 atom stereocenters. The Balaban J connectivity index is 2.32. The number of hydrogen-bond donors (Lipinski definition) is 1. The zero-order chi connectivity index (χ0) is 15.6. The van der Waals surface area contributed by atoms with Crippen LogP contribution in [0, 0.1) is 0 Å². The zero-order valence-electron chi connectivity index (χ0n) is 14.0. The zero-order valence-corrected chi connectivity index (χ0v) is 14.8. The summed E-state index contributed by atoms with van der Waals surface area (Å²) in [6.07, 6.45) is 3.76. The maximum Gasteiger partial charge on any atom is 0.0471 e. The fourth-order valence-electron chi connectivity index (χ4n) is 3.22. The number of rotatable bonds is 4. The molecule has 2 rings (SSSR count). The first kappa shape index (κ1) is 16.6. The van der Waals surface area contributed by atoms with Gasteiger partial charge in [-0.15, -0.1) is 0 Å². The molecule has 1 aliphatic rings. The molecule has 0 aliphatic carbocycles. The van der Waals surface area contributed by atoms with E-state index < -0.39 is 0 Å². The van der Waals surface area contributed by atoms with E-state index in [4.69, 9.17) is 11.6 Å². The monoisotopic (exact) mass is 308 g/mol. The summed E-state index contributed by atoms with van der Waals surface area (Å²) in [7, 11) is 0. The van der Waals surface area contributed by atoms with Crippen molar-refractivity contribution in [2.45, 2.75) is 78.0 Å². The lowest BCUT2D eigenvalue weighted by Crippen LogP contribution is -2.38. The van der Waals surface area contributed by atoms with Crippen molar-refractivity contribution in [2.75, 3.05) is 4.90 Å². The van der Waals surface area contributed by atoms with E-state index in [0.717, 1.165) is 11.6 Å². The molecule has 0 bridgehead atoms. The highest BCUT2D eigenvalue weighted by Crippen LogP contribution is 2.36. The van der Waals surface area contributed by atoms with Gasteiger partial charge in [-0.25, -0.2) is 0 Å². The third kappa shape index (κ3) is 3.92. The Morgan fingerprint density at radius 3 is 2.62 bits per heavy atom. The Kier molecular flexibility index (Phi) is 5.21. The van der Waals surface area contributed by atoms with Gasteiger partial charge in [0.2, 0.25) is 0 Å². The lowest BCUT2D eigenvalue weighted by Gasteiger charge is -2.33. The normalized spacial score (nSPS) is 22.9.